The van der Waals surface area contributed by atoms with Crippen molar-refractivity contribution in [2.75, 3.05) is 0 Å². The molecule has 5 heteroatoms. The molecule has 240 valence electrons. The van der Waals surface area contributed by atoms with Crippen LogP contribution in [0.3, 0.4) is 0 Å². The fourth-order valence-corrected chi connectivity index (χ4v) is 7.47. The van der Waals surface area contributed by atoms with Gasteiger partial charge in [-0.15, -0.1) is 0 Å². The molecule has 0 spiro atoms. The number of aromatic nitrogens is 4. The van der Waals surface area contributed by atoms with Crippen molar-refractivity contribution in [1.82, 2.24) is 19.1 Å². The first kappa shape index (κ1) is 29.1. The van der Waals surface area contributed by atoms with Crippen molar-refractivity contribution in [3.63, 3.8) is 0 Å². The second-order valence-electron chi connectivity index (χ2n) is 12.8. The minimum absolute atomic E-state index is 0.246. The molecule has 0 amide bonds. The molecule has 0 aliphatic rings. The van der Waals surface area contributed by atoms with Gasteiger partial charge in [-0.25, -0.2) is 14.4 Å². The van der Waals surface area contributed by atoms with Gasteiger partial charge in [0.05, 0.1) is 33.5 Å². The van der Waals surface area contributed by atoms with Crippen LogP contribution in [0.25, 0.3) is 88.9 Å². The van der Waals surface area contributed by atoms with E-state index in [2.05, 4.69) is 143 Å². The van der Waals surface area contributed by atoms with Crippen molar-refractivity contribution in [2.45, 2.75) is 0 Å². The predicted octanol–water partition coefficient (Wildman–Crippen LogP) is 11.8. The van der Waals surface area contributed by atoms with Gasteiger partial charge in [-0.1, -0.05) is 133 Å². The first-order valence-corrected chi connectivity index (χ1v) is 17.0. The highest BCUT2D eigenvalue weighted by Gasteiger charge is 2.23. The van der Waals surface area contributed by atoms with Crippen molar-refractivity contribution >= 4 is 43.6 Å². The lowest BCUT2D eigenvalue weighted by Crippen LogP contribution is -2.05. The molecule has 10 aromatic rings. The zero-order chi connectivity index (χ0) is 33.9. The molecule has 0 N–H and O–H groups in total. The van der Waals surface area contributed by atoms with E-state index < -0.39 is 0 Å². The molecule has 0 unspecified atom stereocenters. The zero-order valence-electron chi connectivity index (χ0n) is 27.4. The average molecular weight is 657 g/mol. The van der Waals surface area contributed by atoms with Crippen molar-refractivity contribution in [2.24, 2.45) is 0 Å². The number of nitrogens with zero attached hydrogens (tertiary/aromatic N) is 4. The second-order valence-corrected chi connectivity index (χ2v) is 12.8. The summed E-state index contributed by atoms with van der Waals surface area (Å²) in [6.07, 6.45) is 0. The molecule has 0 aliphatic carbocycles. The SMILES string of the molecule is Fc1ccc(-c2ccc(-c3cc(-c4ccccc4)nc(-n4c5ccccc5c5ccc6c7ccccc7n(-c7ccccc7)c6c54)n3)cc2)cc1. The quantitative estimate of drug-likeness (QED) is 0.185. The van der Waals surface area contributed by atoms with E-state index in [1.165, 1.54) is 22.9 Å². The van der Waals surface area contributed by atoms with E-state index in [9.17, 15) is 4.39 Å². The number of benzene rings is 7. The number of hydrogen-bond donors (Lipinski definition) is 0. The Morgan fingerprint density at radius 2 is 0.824 bits per heavy atom. The maximum absolute atomic E-state index is 13.6. The third-order valence-corrected chi connectivity index (χ3v) is 9.83. The lowest BCUT2D eigenvalue weighted by molar-refractivity contribution is 0.628. The molecule has 0 saturated carbocycles. The fraction of sp³-hybridized carbons (Fsp3) is 0. The van der Waals surface area contributed by atoms with Crippen LogP contribution in [0.5, 0.6) is 0 Å². The summed E-state index contributed by atoms with van der Waals surface area (Å²) in [6, 6.07) is 59.4. The summed E-state index contributed by atoms with van der Waals surface area (Å²) in [5.74, 6) is 0.348. The third-order valence-electron chi connectivity index (χ3n) is 9.83. The Morgan fingerprint density at radius 3 is 1.43 bits per heavy atom. The number of halogens is 1. The topological polar surface area (TPSA) is 35.6 Å². The van der Waals surface area contributed by atoms with Gasteiger partial charge >= 0.3 is 0 Å². The van der Waals surface area contributed by atoms with E-state index in [1.54, 1.807) is 12.1 Å². The van der Waals surface area contributed by atoms with E-state index >= 15 is 0 Å². The minimum Gasteiger partial charge on any atom is -0.307 e. The summed E-state index contributed by atoms with van der Waals surface area (Å²) in [6.45, 7) is 0. The summed E-state index contributed by atoms with van der Waals surface area (Å²) >= 11 is 0. The predicted molar refractivity (Wildman–Crippen MR) is 207 cm³/mol. The molecular weight excluding hydrogens is 628 g/mol. The van der Waals surface area contributed by atoms with E-state index in [0.717, 1.165) is 72.2 Å². The van der Waals surface area contributed by atoms with Crippen LogP contribution in [0, 0.1) is 5.82 Å². The van der Waals surface area contributed by atoms with Gasteiger partial charge in [0.25, 0.3) is 0 Å². The van der Waals surface area contributed by atoms with Crippen LogP contribution in [-0.2, 0) is 0 Å². The molecule has 10 rings (SSSR count). The summed E-state index contributed by atoms with van der Waals surface area (Å²) in [4.78, 5) is 10.7. The normalized spacial score (nSPS) is 11.6. The van der Waals surface area contributed by atoms with Gasteiger partial charge in [0.1, 0.15) is 5.82 Å². The molecule has 3 heterocycles. The van der Waals surface area contributed by atoms with Crippen molar-refractivity contribution < 1.29 is 4.39 Å². The Labute approximate surface area is 293 Å². The van der Waals surface area contributed by atoms with Gasteiger partial charge in [-0.05, 0) is 53.6 Å². The monoisotopic (exact) mass is 656 g/mol. The van der Waals surface area contributed by atoms with Crippen LogP contribution < -0.4 is 0 Å². The van der Waals surface area contributed by atoms with Gasteiger partial charge in [-0.3, -0.25) is 4.57 Å². The lowest BCUT2D eigenvalue weighted by Gasteiger charge is -2.14. The molecule has 4 nitrogen and oxygen atoms in total. The van der Waals surface area contributed by atoms with Gasteiger partial charge < -0.3 is 4.57 Å². The van der Waals surface area contributed by atoms with Crippen molar-refractivity contribution in [1.29, 1.82) is 0 Å². The average Bonchev–Trinajstić information content (AvgIpc) is 3.72. The Bertz CT molecular complexity index is 2890. The second kappa shape index (κ2) is 11.6. The molecule has 0 fully saturated rings. The Hall–Kier alpha value is -6.85. The van der Waals surface area contributed by atoms with Crippen LogP contribution in [0.4, 0.5) is 4.39 Å². The number of fused-ring (bicyclic) bond motifs is 7. The van der Waals surface area contributed by atoms with E-state index in [0.29, 0.717) is 5.95 Å². The van der Waals surface area contributed by atoms with Crippen LogP contribution >= 0.6 is 0 Å². The fourth-order valence-electron chi connectivity index (χ4n) is 7.47. The Kier molecular flexibility index (Phi) is 6.64. The molecular formula is C46H29FN4. The molecule has 3 aromatic heterocycles. The Balaban J connectivity index is 1.29. The van der Waals surface area contributed by atoms with Crippen molar-refractivity contribution in [3.05, 3.63) is 182 Å². The summed E-state index contributed by atoms with van der Waals surface area (Å²) < 4.78 is 18.3. The van der Waals surface area contributed by atoms with Crippen LogP contribution in [0.2, 0.25) is 0 Å². The molecule has 0 saturated heterocycles. The summed E-state index contributed by atoms with van der Waals surface area (Å²) in [5.41, 5.74) is 11.0. The largest absolute Gasteiger partial charge is 0.307 e. The van der Waals surface area contributed by atoms with Crippen LogP contribution in [0.1, 0.15) is 0 Å². The number of hydrogen-bond acceptors (Lipinski definition) is 2. The minimum atomic E-state index is -0.246. The van der Waals surface area contributed by atoms with Crippen LogP contribution in [0.15, 0.2) is 176 Å². The summed E-state index contributed by atoms with van der Waals surface area (Å²) in [5, 5.41) is 4.63. The maximum Gasteiger partial charge on any atom is 0.235 e. The van der Waals surface area contributed by atoms with Gasteiger partial charge in [0.15, 0.2) is 0 Å². The number of rotatable bonds is 5. The third kappa shape index (κ3) is 4.74. The molecule has 0 aliphatic heterocycles. The van der Waals surface area contributed by atoms with E-state index in [-0.39, 0.29) is 5.82 Å². The zero-order valence-corrected chi connectivity index (χ0v) is 27.4. The highest BCUT2D eigenvalue weighted by Crippen LogP contribution is 2.41. The van der Waals surface area contributed by atoms with Crippen LogP contribution in [-0.4, -0.2) is 19.1 Å². The van der Waals surface area contributed by atoms with Crippen molar-refractivity contribution in [3.8, 4) is 45.3 Å². The van der Waals surface area contributed by atoms with Gasteiger partial charge in [0, 0.05) is 38.4 Å². The maximum atomic E-state index is 13.6. The number of para-hydroxylation sites is 3. The molecule has 0 radical (unpaired) electrons. The smallest absolute Gasteiger partial charge is 0.235 e. The molecule has 51 heavy (non-hydrogen) atoms. The van der Waals surface area contributed by atoms with E-state index in [1.807, 2.05) is 18.2 Å². The first-order valence-electron chi connectivity index (χ1n) is 17.0. The summed E-state index contributed by atoms with van der Waals surface area (Å²) in [7, 11) is 0. The molecule has 0 bridgehead atoms. The molecule has 0 atom stereocenters. The Morgan fingerprint density at radius 1 is 0.373 bits per heavy atom. The highest BCUT2D eigenvalue weighted by atomic mass is 19.1. The van der Waals surface area contributed by atoms with Gasteiger partial charge in [-0.2, -0.15) is 0 Å². The lowest BCUT2D eigenvalue weighted by atomic mass is 10.0. The highest BCUT2D eigenvalue weighted by molar-refractivity contribution is 6.23. The standard InChI is InChI=1S/C46H29FN4/c47-34-25-23-31(24-26-34)30-19-21-33(22-20-30)41-29-40(32-11-3-1-4-12-32)48-46(49-41)51-43-18-10-8-16-37(43)39-28-27-38-36-15-7-9-17-42(36)50(44(38)45(39)51)35-13-5-2-6-14-35/h1-29H. The molecule has 7 aromatic carbocycles. The van der Waals surface area contributed by atoms with E-state index in [4.69, 9.17) is 9.97 Å². The first-order chi connectivity index (χ1) is 25.2. The van der Waals surface area contributed by atoms with Gasteiger partial charge in [0.2, 0.25) is 5.95 Å².